The van der Waals surface area contributed by atoms with Crippen molar-refractivity contribution >= 4 is 29.3 Å². The molecule has 0 saturated carbocycles. The molecule has 0 spiro atoms. The lowest BCUT2D eigenvalue weighted by Gasteiger charge is -2.28. The van der Waals surface area contributed by atoms with Crippen molar-refractivity contribution in [3.8, 4) is 0 Å². The predicted molar refractivity (Wildman–Crippen MR) is 96.8 cm³/mol. The van der Waals surface area contributed by atoms with Crippen LogP contribution in [0.1, 0.15) is 32.1 Å². The van der Waals surface area contributed by atoms with Crippen LogP contribution in [0.5, 0.6) is 0 Å². The van der Waals surface area contributed by atoms with Crippen LogP contribution in [-0.4, -0.2) is 55.5 Å². The van der Waals surface area contributed by atoms with Gasteiger partial charge in [0.25, 0.3) is 0 Å². The molecular weight excluding hydrogens is 320 g/mol. The van der Waals surface area contributed by atoms with Gasteiger partial charge in [-0.15, -0.1) is 0 Å². The molecule has 8 heteroatoms. The molecule has 2 aliphatic rings. The summed E-state index contributed by atoms with van der Waals surface area (Å²) in [5.41, 5.74) is 0.604. The zero-order chi connectivity index (χ0) is 17.8. The molecule has 1 atom stereocenters. The fourth-order valence-electron chi connectivity index (χ4n) is 3.23. The first kappa shape index (κ1) is 17.4. The van der Waals surface area contributed by atoms with Gasteiger partial charge >= 0.3 is 0 Å². The monoisotopic (exact) mass is 346 g/mol. The van der Waals surface area contributed by atoms with Gasteiger partial charge in [0.2, 0.25) is 17.8 Å². The summed E-state index contributed by atoms with van der Waals surface area (Å²) < 4.78 is 0. The van der Waals surface area contributed by atoms with Crippen LogP contribution in [0.25, 0.3) is 0 Å². The van der Waals surface area contributed by atoms with Gasteiger partial charge in [0.1, 0.15) is 5.69 Å². The molecule has 25 heavy (non-hydrogen) atoms. The van der Waals surface area contributed by atoms with Gasteiger partial charge < -0.3 is 20.4 Å². The van der Waals surface area contributed by atoms with Crippen molar-refractivity contribution in [1.82, 2.24) is 15.3 Å². The standard InChI is InChI=1S/C17H26N6O2/c1-22(2)15-13(20-16(25)12-6-7-14(24)18-10-12)11-19-17(21-15)23-8-4-3-5-9-23/h11-12H,3-10H2,1-2H3,(H,18,24)(H,20,25). The van der Waals surface area contributed by atoms with Crippen molar-refractivity contribution in [2.24, 2.45) is 5.92 Å². The van der Waals surface area contributed by atoms with Crippen LogP contribution in [0.2, 0.25) is 0 Å². The summed E-state index contributed by atoms with van der Waals surface area (Å²) in [6, 6.07) is 0. The Kier molecular flexibility index (Phi) is 5.35. The Labute approximate surface area is 148 Å². The second kappa shape index (κ2) is 7.67. The molecule has 3 rings (SSSR count). The molecule has 1 aromatic heterocycles. The highest BCUT2D eigenvalue weighted by Gasteiger charge is 2.26. The van der Waals surface area contributed by atoms with E-state index in [0.29, 0.717) is 36.8 Å². The van der Waals surface area contributed by atoms with Crippen molar-refractivity contribution < 1.29 is 9.59 Å². The van der Waals surface area contributed by atoms with E-state index in [1.165, 1.54) is 6.42 Å². The summed E-state index contributed by atoms with van der Waals surface area (Å²) in [5.74, 6) is 1.11. The van der Waals surface area contributed by atoms with E-state index in [1.807, 2.05) is 19.0 Å². The Morgan fingerprint density at radius 3 is 2.72 bits per heavy atom. The number of aromatic nitrogens is 2. The second-order valence-corrected chi connectivity index (χ2v) is 6.88. The third-order valence-corrected chi connectivity index (χ3v) is 4.71. The first-order chi connectivity index (χ1) is 12.0. The van der Waals surface area contributed by atoms with Crippen LogP contribution in [-0.2, 0) is 9.59 Å². The zero-order valence-electron chi connectivity index (χ0n) is 14.9. The number of piperidine rings is 2. The number of nitrogens with one attached hydrogen (secondary N) is 2. The lowest BCUT2D eigenvalue weighted by Crippen LogP contribution is -2.40. The lowest BCUT2D eigenvalue weighted by molar-refractivity contribution is -0.126. The average molecular weight is 346 g/mol. The average Bonchev–Trinajstić information content (AvgIpc) is 2.63. The maximum absolute atomic E-state index is 12.5. The van der Waals surface area contributed by atoms with E-state index in [9.17, 15) is 9.59 Å². The minimum absolute atomic E-state index is 0.00671. The van der Waals surface area contributed by atoms with E-state index in [1.54, 1.807) is 6.20 Å². The molecule has 1 aromatic rings. The van der Waals surface area contributed by atoms with E-state index >= 15 is 0 Å². The number of hydrogen-bond donors (Lipinski definition) is 2. The Morgan fingerprint density at radius 2 is 2.08 bits per heavy atom. The van der Waals surface area contributed by atoms with Gasteiger partial charge in [-0.2, -0.15) is 4.98 Å². The van der Waals surface area contributed by atoms with Crippen LogP contribution >= 0.6 is 0 Å². The summed E-state index contributed by atoms with van der Waals surface area (Å²) in [6.07, 6.45) is 6.22. The molecule has 2 N–H and O–H groups in total. The molecule has 0 aromatic carbocycles. The van der Waals surface area contributed by atoms with Gasteiger partial charge in [0.05, 0.1) is 12.1 Å². The summed E-state index contributed by atoms with van der Waals surface area (Å²) in [4.78, 5) is 36.9. The van der Waals surface area contributed by atoms with Crippen LogP contribution in [0, 0.1) is 5.92 Å². The fraction of sp³-hybridized carbons (Fsp3) is 0.647. The maximum atomic E-state index is 12.5. The Bertz CT molecular complexity index is 632. The number of carbonyl (C=O) groups excluding carboxylic acids is 2. The van der Waals surface area contributed by atoms with Gasteiger partial charge in [-0.3, -0.25) is 9.59 Å². The summed E-state index contributed by atoms with van der Waals surface area (Å²) in [7, 11) is 3.80. The van der Waals surface area contributed by atoms with Crippen molar-refractivity contribution in [1.29, 1.82) is 0 Å². The number of nitrogens with zero attached hydrogens (tertiary/aromatic N) is 4. The molecule has 0 bridgehead atoms. The normalized spacial score (nSPS) is 20.8. The topological polar surface area (TPSA) is 90.5 Å². The number of anilines is 3. The highest BCUT2D eigenvalue weighted by Crippen LogP contribution is 2.26. The molecule has 3 heterocycles. The molecule has 136 valence electrons. The van der Waals surface area contributed by atoms with Gasteiger partial charge in [0, 0.05) is 40.2 Å². The SMILES string of the molecule is CN(C)c1nc(N2CCCCC2)ncc1NC(=O)C1CCC(=O)NC1. The maximum Gasteiger partial charge on any atom is 0.229 e. The number of rotatable bonds is 4. The van der Waals surface area contributed by atoms with Gasteiger partial charge in [0.15, 0.2) is 5.82 Å². The van der Waals surface area contributed by atoms with E-state index in [4.69, 9.17) is 0 Å². The first-order valence-corrected chi connectivity index (χ1v) is 8.91. The van der Waals surface area contributed by atoms with Gasteiger partial charge in [-0.05, 0) is 25.7 Å². The molecule has 2 aliphatic heterocycles. The molecule has 2 fully saturated rings. The first-order valence-electron chi connectivity index (χ1n) is 8.91. The molecule has 0 radical (unpaired) electrons. The van der Waals surface area contributed by atoms with Crippen molar-refractivity contribution in [2.75, 3.05) is 48.8 Å². The fourth-order valence-corrected chi connectivity index (χ4v) is 3.23. The third-order valence-electron chi connectivity index (χ3n) is 4.71. The number of amides is 2. The second-order valence-electron chi connectivity index (χ2n) is 6.88. The van der Waals surface area contributed by atoms with Crippen LogP contribution in [0.4, 0.5) is 17.5 Å². The quantitative estimate of drug-likeness (QED) is 0.845. The predicted octanol–water partition coefficient (Wildman–Crippen LogP) is 0.998. The molecule has 2 amide bonds. The van der Waals surface area contributed by atoms with Crippen LogP contribution in [0.15, 0.2) is 6.20 Å². The van der Waals surface area contributed by atoms with Crippen molar-refractivity contribution in [2.45, 2.75) is 32.1 Å². The molecule has 2 saturated heterocycles. The van der Waals surface area contributed by atoms with Crippen molar-refractivity contribution in [3.05, 3.63) is 6.20 Å². The molecule has 8 nitrogen and oxygen atoms in total. The molecular formula is C17H26N6O2. The number of hydrogen-bond acceptors (Lipinski definition) is 6. The third kappa shape index (κ3) is 4.18. The lowest BCUT2D eigenvalue weighted by atomic mass is 9.98. The largest absolute Gasteiger partial charge is 0.361 e. The van der Waals surface area contributed by atoms with E-state index in [0.717, 1.165) is 25.9 Å². The number of carbonyl (C=O) groups is 2. The minimum Gasteiger partial charge on any atom is -0.361 e. The minimum atomic E-state index is -0.213. The van der Waals surface area contributed by atoms with Gasteiger partial charge in [-0.25, -0.2) is 4.98 Å². The summed E-state index contributed by atoms with van der Waals surface area (Å²) in [5, 5.41) is 5.67. The van der Waals surface area contributed by atoms with Crippen molar-refractivity contribution in [3.63, 3.8) is 0 Å². The highest BCUT2D eigenvalue weighted by atomic mass is 16.2. The molecule has 0 aliphatic carbocycles. The van der Waals surface area contributed by atoms with E-state index in [-0.39, 0.29) is 17.7 Å². The Morgan fingerprint density at radius 1 is 1.32 bits per heavy atom. The van der Waals surface area contributed by atoms with E-state index in [2.05, 4.69) is 25.5 Å². The van der Waals surface area contributed by atoms with Crippen LogP contribution in [0.3, 0.4) is 0 Å². The highest BCUT2D eigenvalue weighted by molar-refractivity contribution is 5.96. The molecule has 1 unspecified atom stereocenters. The van der Waals surface area contributed by atoms with Gasteiger partial charge in [-0.1, -0.05) is 0 Å². The Balaban J connectivity index is 1.73. The Hall–Kier alpha value is -2.38. The summed E-state index contributed by atoms with van der Waals surface area (Å²) >= 11 is 0. The smallest absolute Gasteiger partial charge is 0.229 e. The summed E-state index contributed by atoms with van der Waals surface area (Å²) in [6.45, 7) is 2.33. The van der Waals surface area contributed by atoms with E-state index < -0.39 is 0 Å². The van der Waals surface area contributed by atoms with Crippen LogP contribution < -0.4 is 20.4 Å². The zero-order valence-corrected chi connectivity index (χ0v) is 14.9.